The average Bonchev–Trinajstić information content (AvgIpc) is 2.67. The van der Waals surface area contributed by atoms with Crippen LogP contribution in [0.2, 0.25) is 0 Å². The van der Waals surface area contributed by atoms with E-state index < -0.39 is 0 Å². The molecule has 0 atom stereocenters. The van der Waals surface area contributed by atoms with Crippen molar-refractivity contribution in [2.45, 2.75) is 6.42 Å². The second-order valence-corrected chi connectivity index (χ2v) is 5.82. The maximum Gasteiger partial charge on any atom is 0.251 e. The van der Waals surface area contributed by atoms with Gasteiger partial charge in [0.15, 0.2) is 0 Å². The molecule has 0 spiro atoms. The van der Waals surface area contributed by atoms with Crippen LogP contribution in [0.1, 0.15) is 27.1 Å². The summed E-state index contributed by atoms with van der Waals surface area (Å²) in [5.74, 6) is -0.243. The van der Waals surface area contributed by atoms with Crippen molar-refractivity contribution in [2.75, 3.05) is 13.1 Å². The highest BCUT2D eigenvalue weighted by atomic mass is 16.3. The molecule has 3 rings (SSSR count). The van der Waals surface area contributed by atoms with E-state index in [4.69, 9.17) is 0 Å². The molecule has 0 unspecified atom stereocenters. The third-order valence-corrected chi connectivity index (χ3v) is 3.92. The van der Waals surface area contributed by atoms with Crippen LogP contribution in [0.4, 0.5) is 0 Å². The lowest BCUT2D eigenvalue weighted by atomic mass is 10.1. The Labute approximate surface area is 150 Å². The number of phenols is 1. The first-order chi connectivity index (χ1) is 12.6. The van der Waals surface area contributed by atoms with Crippen molar-refractivity contribution in [3.8, 4) is 5.75 Å². The number of pyridine rings is 1. The first-order valence-electron chi connectivity index (χ1n) is 8.34. The van der Waals surface area contributed by atoms with Crippen LogP contribution in [0.15, 0.2) is 60.8 Å². The molecule has 0 aliphatic carbocycles. The molecule has 0 fully saturated rings. The highest BCUT2D eigenvalue weighted by Gasteiger charge is 2.07. The van der Waals surface area contributed by atoms with Crippen molar-refractivity contribution < 1.29 is 14.7 Å². The van der Waals surface area contributed by atoms with Gasteiger partial charge in [-0.1, -0.05) is 6.07 Å². The van der Waals surface area contributed by atoms with Crippen molar-refractivity contribution in [3.63, 3.8) is 0 Å². The summed E-state index contributed by atoms with van der Waals surface area (Å²) < 4.78 is 0. The van der Waals surface area contributed by atoms with Gasteiger partial charge in [0.1, 0.15) is 5.75 Å². The summed E-state index contributed by atoms with van der Waals surface area (Å²) in [6.07, 6.45) is 2.33. The molecule has 6 heteroatoms. The lowest BCUT2D eigenvalue weighted by Gasteiger charge is -2.08. The number of hydrogen-bond acceptors (Lipinski definition) is 4. The molecule has 0 aliphatic rings. The molecular formula is C20H19N3O3. The summed E-state index contributed by atoms with van der Waals surface area (Å²) in [6, 6.07) is 15.2. The van der Waals surface area contributed by atoms with Gasteiger partial charge in [-0.25, -0.2) is 0 Å². The molecule has 3 N–H and O–H groups in total. The van der Waals surface area contributed by atoms with Gasteiger partial charge >= 0.3 is 0 Å². The normalized spacial score (nSPS) is 10.5. The zero-order valence-electron chi connectivity index (χ0n) is 14.1. The van der Waals surface area contributed by atoms with Gasteiger partial charge in [0, 0.05) is 35.8 Å². The maximum absolute atomic E-state index is 12.2. The fraction of sp³-hybridized carbons (Fsp3) is 0.150. The standard InChI is InChI=1S/C20H19N3O3/c24-17-7-4-14(5-8-17)19(25)22-11-2-12-23-20(26)16-6-9-18-15(13-16)3-1-10-21-18/h1,3-10,13,24H,2,11-12H2,(H,22,25)(H,23,26). The molecule has 3 aromatic rings. The third kappa shape index (κ3) is 4.36. The van der Waals surface area contributed by atoms with Crippen molar-refractivity contribution >= 4 is 22.7 Å². The van der Waals surface area contributed by atoms with Crippen LogP contribution in [-0.2, 0) is 0 Å². The van der Waals surface area contributed by atoms with E-state index in [1.165, 1.54) is 12.1 Å². The van der Waals surface area contributed by atoms with Crippen LogP contribution in [0.3, 0.4) is 0 Å². The molecular weight excluding hydrogens is 330 g/mol. The fourth-order valence-electron chi connectivity index (χ4n) is 2.53. The maximum atomic E-state index is 12.2. The van der Waals surface area contributed by atoms with Crippen LogP contribution >= 0.6 is 0 Å². The number of nitrogens with one attached hydrogen (secondary N) is 2. The summed E-state index contributed by atoms with van der Waals surface area (Å²) >= 11 is 0. The lowest BCUT2D eigenvalue weighted by Crippen LogP contribution is -2.29. The van der Waals surface area contributed by atoms with Crippen LogP contribution in [0.25, 0.3) is 10.9 Å². The van der Waals surface area contributed by atoms with Gasteiger partial charge < -0.3 is 15.7 Å². The van der Waals surface area contributed by atoms with Gasteiger partial charge in [-0.2, -0.15) is 0 Å². The Kier molecular flexibility index (Phi) is 5.43. The van der Waals surface area contributed by atoms with Crippen molar-refractivity contribution in [1.82, 2.24) is 15.6 Å². The van der Waals surface area contributed by atoms with Crippen LogP contribution in [0.5, 0.6) is 5.75 Å². The number of rotatable bonds is 6. The first kappa shape index (κ1) is 17.4. The Morgan fingerprint density at radius 1 is 0.885 bits per heavy atom. The number of aromatic hydroxyl groups is 1. The monoisotopic (exact) mass is 349 g/mol. The van der Waals surface area contributed by atoms with Crippen molar-refractivity contribution in [1.29, 1.82) is 0 Å². The number of carbonyl (C=O) groups excluding carboxylic acids is 2. The van der Waals surface area contributed by atoms with Crippen LogP contribution in [-0.4, -0.2) is 35.0 Å². The fourth-order valence-corrected chi connectivity index (χ4v) is 2.53. The van der Waals surface area contributed by atoms with Crippen molar-refractivity contribution in [2.24, 2.45) is 0 Å². The summed E-state index contributed by atoms with van der Waals surface area (Å²) in [5, 5.41) is 15.7. The van der Waals surface area contributed by atoms with Gasteiger partial charge in [0.2, 0.25) is 0 Å². The topological polar surface area (TPSA) is 91.3 Å². The van der Waals surface area contributed by atoms with E-state index in [0.717, 1.165) is 10.9 Å². The molecule has 1 aromatic heterocycles. The highest BCUT2D eigenvalue weighted by Crippen LogP contribution is 2.13. The molecule has 132 valence electrons. The molecule has 0 saturated carbocycles. The first-order valence-corrected chi connectivity index (χ1v) is 8.34. The highest BCUT2D eigenvalue weighted by molar-refractivity contribution is 5.98. The molecule has 0 radical (unpaired) electrons. The summed E-state index contributed by atoms with van der Waals surface area (Å²) in [6.45, 7) is 0.904. The number of benzene rings is 2. The lowest BCUT2D eigenvalue weighted by molar-refractivity contribution is 0.0952. The average molecular weight is 349 g/mol. The quantitative estimate of drug-likeness (QED) is 0.596. The Bertz CT molecular complexity index is 923. The predicted octanol–water partition coefficient (Wildman–Crippen LogP) is 2.49. The molecule has 1 heterocycles. The minimum atomic E-state index is -0.210. The number of carbonyl (C=O) groups is 2. The second kappa shape index (κ2) is 8.11. The number of hydrogen-bond donors (Lipinski definition) is 3. The Morgan fingerprint density at radius 3 is 2.27 bits per heavy atom. The number of nitrogens with zero attached hydrogens (tertiary/aromatic N) is 1. The summed E-state index contributed by atoms with van der Waals surface area (Å²) in [4.78, 5) is 28.3. The number of phenolic OH excluding ortho intramolecular Hbond substituents is 1. The third-order valence-electron chi connectivity index (χ3n) is 3.92. The van der Waals surface area contributed by atoms with Gasteiger partial charge in [0.25, 0.3) is 11.8 Å². The minimum Gasteiger partial charge on any atom is -0.508 e. The SMILES string of the molecule is O=C(NCCCNC(=O)c1ccc2ncccc2c1)c1ccc(O)cc1. The smallest absolute Gasteiger partial charge is 0.251 e. The molecule has 2 amide bonds. The van der Waals surface area contributed by atoms with Crippen LogP contribution < -0.4 is 10.6 Å². The van der Waals surface area contributed by atoms with Gasteiger partial charge in [-0.05, 0) is 55.0 Å². The largest absolute Gasteiger partial charge is 0.508 e. The Hall–Kier alpha value is -3.41. The second-order valence-electron chi connectivity index (χ2n) is 5.82. The van der Waals surface area contributed by atoms with E-state index in [1.54, 1.807) is 24.4 Å². The molecule has 0 saturated heterocycles. The number of aromatic nitrogens is 1. The van der Waals surface area contributed by atoms with Gasteiger partial charge in [-0.3, -0.25) is 14.6 Å². The molecule has 0 aliphatic heterocycles. The van der Waals surface area contributed by atoms with E-state index in [1.807, 2.05) is 24.3 Å². The van der Waals surface area contributed by atoms with E-state index in [0.29, 0.717) is 30.6 Å². The molecule has 2 aromatic carbocycles. The van der Waals surface area contributed by atoms with Crippen LogP contribution in [0, 0.1) is 0 Å². The van der Waals surface area contributed by atoms with E-state index >= 15 is 0 Å². The minimum absolute atomic E-state index is 0.119. The Morgan fingerprint density at radius 2 is 1.54 bits per heavy atom. The van der Waals surface area contributed by atoms with Gasteiger partial charge in [0.05, 0.1) is 5.52 Å². The molecule has 26 heavy (non-hydrogen) atoms. The van der Waals surface area contributed by atoms with Gasteiger partial charge in [-0.15, -0.1) is 0 Å². The summed E-state index contributed by atoms with van der Waals surface area (Å²) in [5.41, 5.74) is 1.91. The van der Waals surface area contributed by atoms with E-state index in [2.05, 4.69) is 15.6 Å². The number of amides is 2. The van der Waals surface area contributed by atoms with Crippen molar-refractivity contribution in [3.05, 3.63) is 71.9 Å². The molecule has 6 nitrogen and oxygen atoms in total. The number of fused-ring (bicyclic) bond motifs is 1. The zero-order chi connectivity index (χ0) is 18.4. The summed E-state index contributed by atoms with van der Waals surface area (Å²) in [7, 11) is 0. The Balaban J connectivity index is 1.43. The zero-order valence-corrected chi connectivity index (χ0v) is 14.1. The molecule has 0 bridgehead atoms. The van der Waals surface area contributed by atoms with E-state index in [9.17, 15) is 14.7 Å². The predicted molar refractivity (Wildman–Crippen MR) is 99.1 cm³/mol. The van der Waals surface area contributed by atoms with E-state index in [-0.39, 0.29) is 17.6 Å².